The van der Waals surface area contributed by atoms with Crippen LogP contribution in [0.5, 0.6) is 0 Å². The first kappa shape index (κ1) is 30.8. The Labute approximate surface area is 266 Å². The van der Waals surface area contributed by atoms with Gasteiger partial charge in [0.15, 0.2) is 0 Å². The molecule has 0 atom stereocenters. The van der Waals surface area contributed by atoms with Gasteiger partial charge in [0.05, 0.1) is 46.5 Å². The Morgan fingerprint density at radius 3 is 2.50 bits per heavy atom. The number of nitrogens with zero attached hydrogens (tertiary/aromatic N) is 4. The number of aromatic nitrogens is 3. The Morgan fingerprint density at radius 2 is 1.89 bits per heavy atom. The van der Waals surface area contributed by atoms with Gasteiger partial charge in [0.25, 0.3) is 0 Å². The molecule has 2 saturated carbocycles. The molecular formula is C33H35Cl2FN4O4. The highest BCUT2D eigenvalue weighted by Crippen LogP contribution is 2.48. The number of carbonyl (C=O) groups is 1. The molecule has 4 heterocycles. The minimum Gasteiger partial charge on any atom is -0.478 e. The van der Waals surface area contributed by atoms with Crippen LogP contribution in [0.4, 0.5) is 10.2 Å². The van der Waals surface area contributed by atoms with Gasteiger partial charge in [-0.1, -0.05) is 53.5 Å². The summed E-state index contributed by atoms with van der Waals surface area (Å²) in [6, 6.07) is 1.54. The first-order valence-electron chi connectivity index (χ1n) is 15.2. The van der Waals surface area contributed by atoms with E-state index < -0.39 is 12.1 Å². The van der Waals surface area contributed by atoms with E-state index in [1.54, 1.807) is 17.3 Å². The molecule has 3 aromatic heterocycles. The zero-order valence-corrected chi connectivity index (χ0v) is 26.3. The van der Waals surface area contributed by atoms with Crippen LogP contribution >= 0.6 is 23.2 Å². The molecule has 0 bridgehead atoms. The van der Waals surface area contributed by atoms with Gasteiger partial charge in [-0.05, 0) is 57.9 Å². The van der Waals surface area contributed by atoms with Crippen molar-refractivity contribution in [2.75, 3.05) is 18.0 Å². The smallest absolute Gasteiger partial charge is 0.337 e. The maximum atomic E-state index is 13.6. The lowest BCUT2D eigenvalue weighted by Gasteiger charge is -2.43. The SMILES string of the molecule is CCCC1(OCc2c(-c3c(Cl)cncc3Cl)noc2C2CC2)CCC(C)(C#Cc2cc(C(=O)O)cnc2N2CC(F)C2)CC1. The van der Waals surface area contributed by atoms with Crippen molar-refractivity contribution >= 4 is 35.0 Å². The normalized spacial score (nSPS) is 23.6. The molecule has 0 unspecified atom stereocenters. The number of halogens is 3. The number of rotatable bonds is 9. The molecule has 1 N–H and O–H groups in total. The topological polar surface area (TPSA) is 102 Å². The summed E-state index contributed by atoms with van der Waals surface area (Å²) in [5.74, 6) is 7.30. The molecule has 11 heteroatoms. The van der Waals surface area contributed by atoms with Crippen LogP contribution in [0.15, 0.2) is 29.2 Å². The van der Waals surface area contributed by atoms with Crippen molar-refractivity contribution in [2.45, 2.75) is 89.5 Å². The highest BCUT2D eigenvalue weighted by atomic mass is 35.5. The van der Waals surface area contributed by atoms with E-state index in [0.717, 1.165) is 62.7 Å². The van der Waals surface area contributed by atoms with Gasteiger partial charge in [0, 0.05) is 41.1 Å². The monoisotopic (exact) mass is 640 g/mol. The third-order valence-corrected chi connectivity index (χ3v) is 9.67. The Hall–Kier alpha value is -3.19. The molecule has 8 nitrogen and oxygen atoms in total. The van der Waals surface area contributed by atoms with Crippen LogP contribution in [-0.2, 0) is 11.3 Å². The highest BCUT2D eigenvalue weighted by Gasteiger charge is 2.41. The number of carboxylic acid groups (broad SMARTS) is 1. The predicted molar refractivity (Wildman–Crippen MR) is 166 cm³/mol. The first-order valence-corrected chi connectivity index (χ1v) is 15.9. The lowest BCUT2D eigenvalue weighted by molar-refractivity contribution is -0.0984. The number of pyridine rings is 2. The van der Waals surface area contributed by atoms with Crippen molar-refractivity contribution in [1.29, 1.82) is 0 Å². The lowest BCUT2D eigenvalue weighted by atomic mass is 9.68. The molecule has 3 fully saturated rings. The molecule has 0 aromatic carbocycles. The summed E-state index contributed by atoms with van der Waals surface area (Å²) in [5, 5.41) is 14.7. The van der Waals surface area contributed by atoms with E-state index in [4.69, 9.17) is 32.5 Å². The molecular weight excluding hydrogens is 606 g/mol. The van der Waals surface area contributed by atoms with Gasteiger partial charge in [-0.2, -0.15) is 0 Å². The number of anilines is 1. The van der Waals surface area contributed by atoms with Crippen molar-refractivity contribution in [3.05, 3.63) is 57.2 Å². The number of hydrogen-bond acceptors (Lipinski definition) is 7. The fourth-order valence-corrected chi connectivity index (χ4v) is 6.77. The first-order chi connectivity index (χ1) is 21.1. The minimum atomic E-state index is -1.07. The number of hydrogen-bond donors (Lipinski definition) is 1. The van der Waals surface area contributed by atoms with E-state index in [1.165, 1.54) is 12.3 Å². The summed E-state index contributed by atoms with van der Waals surface area (Å²) in [5.41, 5.74) is 2.06. The van der Waals surface area contributed by atoms with Crippen LogP contribution in [0.2, 0.25) is 10.0 Å². The summed E-state index contributed by atoms with van der Waals surface area (Å²) in [6.07, 6.45) is 10.7. The third kappa shape index (κ3) is 6.30. The maximum absolute atomic E-state index is 13.6. The summed E-state index contributed by atoms with van der Waals surface area (Å²) in [7, 11) is 0. The molecule has 0 spiro atoms. The number of aromatic carboxylic acids is 1. The summed E-state index contributed by atoms with van der Waals surface area (Å²) in [4.78, 5) is 21.8. The van der Waals surface area contributed by atoms with Crippen LogP contribution in [0, 0.1) is 17.3 Å². The number of carboxylic acids is 1. The molecule has 1 aliphatic heterocycles. The lowest BCUT2D eigenvalue weighted by Crippen LogP contribution is -2.49. The number of ether oxygens (including phenoxy) is 1. The standard InChI is InChI=1S/C33H35Cl2FN4O4/c1-3-7-33(43-19-24-28(39-44-29(24)20-4-5-20)27-25(34)15-37-16-26(27)35)11-9-32(2,10-12-33)8-6-21-13-22(31(41)42)14-38-30(21)40-17-23(36)18-40/h13-16,20,23H,3-5,7,9-12,17-19H2,1-2H3,(H,41,42). The second-order valence-corrected chi connectivity index (χ2v) is 13.4. The maximum Gasteiger partial charge on any atom is 0.337 e. The molecule has 1 saturated heterocycles. The second kappa shape index (κ2) is 12.3. The molecule has 0 amide bonds. The van der Waals surface area contributed by atoms with Crippen molar-refractivity contribution in [2.24, 2.45) is 5.41 Å². The van der Waals surface area contributed by atoms with Crippen LogP contribution in [0.25, 0.3) is 11.3 Å². The van der Waals surface area contributed by atoms with Crippen LogP contribution in [0.1, 0.15) is 98.4 Å². The predicted octanol–water partition coefficient (Wildman–Crippen LogP) is 7.86. The Balaban J connectivity index is 1.21. The van der Waals surface area contributed by atoms with Gasteiger partial charge in [-0.25, -0.2) is 14.2 Å². The van der Waals surface area contributed by atoms with E-state index in [-0.39, 0.29) is 29.7 Å². The minimum absolute atomic E-state index is 0.0625. The molecule has 2 aliphatic carbocycles. The van der Waals surface area contributed by atoms with E-state index in [2.05, 4.69) is 40.8 Å². The van der Waals surface area contributed by atoms with Crippen LogP contribution in [-0.4, -0.2) is 51.1 Å². The van der Waals surface area contributed by atoms with Crippen molar-refractivity contribution in [1.82, 2.24) is 15.1 Å². The molecule has 6 rings (SSSR count). The van der Waals surface area contributed by atoms with Crippen LogP contribution < -0.4 is 4.90 Å². The van der Waals surface area contributed by atoms with E-state index in [1.807, 2.05) is 0 Å². The highest BCUT2D eigenvalue weighted by molar-refractivity contribution is 6.38. The average Bonchev–Trinajstić information content (AvgIpc) is 3.75. The fourth-order valence-electron chi connectivity index (χ4n) is 6.23. The molecule has 44 heavy (non-hydrogen) atoms. The zero-order chi connectivity index (χ0) is 31.1. The largest absolute Gasteiger partial charge is 0.478 e. The quantitative estimate of drug-likeness (QED) is 0.236. The Morgan fingerprint density at radius 1 is 1.18 bits per heavy atom. The van der Waals surface area contributed by atoms with Crippen LogP contribution in [0.3, 0.4) is 0 Å². The molecule has 3 aromatic rings. The summed E-state index contributed by atoms with van der Waals surface area (Å²) >= 11 is 13.0. The van der Waals surface area contributed by atoms with E-state index >= 15 is 0 Å². The second-order valence-electron chi connectivity index (χ2n) is 12.6. The van der Waals surface area contributed by atoms with Gasteiger partial charge in [-0.3, -0.25) is 4.98 Å². The van der Waals surface area contributed by atoms with Gasteiger partial charge < -0.3 is 19.3 Å². The fraction of sp³-hybridized carbons (Fsp3) is 0.515. The van der Waals surface area contributed by atoms with E-state index in [0.29, 0.717) is 45.2 Å². The van der Waals surface area contributed by atoms with Crippen molar-refractivity contribution in [3.63, 3.8) is 0 Å². The Kier molecular flexibility index (Phi) is 8.62. The molecule has 3 aliphatic rings. The Bertz CT molecular complexity index is 1600. The summed E-state index contributed by atoms with van der Waals surface area (Å²) in [6.45, 7) is 5.11. The third-order valence-electron chi connectivity index (χ3n) is 9.10. The number of alkyl halides is 1. The van der Waals surface area contributed by atoms with Crippen molar-refractivity contribution in [3.8, 4) is 23.1 Å². The molecule has 232 valence electrons. The molecule has 0 radical (unpaired) electrons. The van der Waals surface area contributed by atoms with Gasteiger partial charge in [0.2, 0.25) is 0 Å². The average molecular weight is 642 g/mol. The zero-order valence-electron chi connectivity index (χ0n) is 24.8. The van der Waals surface area contributed by atoms with Crippen molar-refractivity contribution < 1.29 is 23.6 Å². The van der Waals surface area contributed by atoms with Gasteiger partial charge >= 0.3 is 5.97 Å². The summed E-state index contributed by atoms with van der Waals surface area (Å²) < 4.78 is 26.3. The van der Waals surface area contributed by atoms with E-state index in [9.17, 15) is 14.3 Å². The van der Waals surface area contributed by atoms with Gasteiger partial charge in [-0.15, -0.1) is 0 Å². The van der Waals surface area contributed by atoms with Gasteiger partial charge in [0.1, 0.15) is 23.4 Å².